The average molecular weight is 312 g/mol. The molecule has 1 amide bonds. The Morgan fingerprint density at radius 3 is 2.52 bits per heavy atom. The summed E-state index contributed by atoms with van der Waals surface area (Å²) in [4.78, 5) is 24.9. The number of carbonyl (C=O) groups excluding carboxylic acids is 1. The molecule has 116 valence electrons. The van der Waals surface area contributed by atoms with Gasteiger partial charge in [0.15, 0.2) is 0 Å². The highest BCUT2D eigenvalue weighted by atomic mass is 35.5. The van der Waals surface area contributed by atoms with Crippen LogP contribution in [0, 0.1) is 5.41 Å². The minimum absolute atomic E-state index is 0.0349. The number of carboxylic acids is 1. The van der Waals surface area contributed by atoms with Gasteiger partial charge in [-0.2, -0.15) is 0 Å². The second kappa shape index (κ2) is 7.46. The molecule has 0 aliphatic rings. The van der Waals surface area contributed by atoms with E-state index in [0.717, 1.165) is 5.56 Å². The largest absolute Gasteiger partial charge is 0.481 e. The van der Waals surface area contributed by atoms with Crippen LogP contribution in [0.2, 0.25) is 5.02 Å². The van der Waals surface area contributed by atoms with Gasteiger partial charge in [-0.1, -0.05) is 37.6 Å². The summed E-state index contributed by atoms with van der Waals surface area (Å²) in [6, 6.07) is 7.45. The van der Waals surface area contributed by atoms with Gasteiger partial charge in [-0.25, -0.2) is 0 Å². The Morgan fingerprint density at radius 1 is 1.33 bits per heavy atom. The van der Waals surface area contributed by atoms with Crippen LogP contribution in [-0.2, 0) is 16.0 Å². The maximum Gasteiger partial charge on any atom is 0.305 e. The molecule has 4 nitrogen and oxygen atoms in total. The molecule has 1 aromatic rings. The van der Waals surface area contributed by atoms with Crippen molar-refractivity contribution in [2.24, 2.45) is 5.41 Å². The van der Waals surface area contributed by atoms with Gasteiger partial charge in [0.2, 0.25) is 5.91 Å². The summed E-state index contributed by atoms with van der Waals surface area (Å²) in [6.45, 7) is 6.35. The summed E-state index contributed by atoms with van der Waals surface area (Å²) in [7, 11) is 0. The number of carboxylic acid groups (broad SMARTS) is 1. The number of benzene rings is 1. The molecular weight excluding hydrogens is 290 g/mol. The summed E-state index contributed by atoms with van der Waals surface area (Å²) in [5.74, 6) is -0.930. The van der Waals surface area contributed by atoms with E-state index in [1.165, 1.54) is 0 Å². The number of halogens is 1. The minimum Gasteiger partial charge on any atom is -0.481 e. The van der Waals surface area contributed by atoms with E-state index in [2.05, 4.69) is 0 Å². The number of amides is 1. The molecule has 21 heavy (non-hydrogen) atoms. The Kier molecular flexibility index (Phi) is 6.21. The van der Waals surface area contributed by atoms with Crippen LogP contribution in [0.1, 0.15) is 32.8 Å². The number of rotatable bonds is 7. The minimum atomic E-state index is -0.895. The molecule has 1 rings (SSSR count). The van der Waals surface area contributed by atoms with Gasteiger partial charge in [-0.15, -0.1) is 0 Å². The maximum absolute atomic E-state index is 12.6. The van der Waals surface area contributed by atoms with Crippen molar-refractivity contribution in [3.63, 3.8) is 0 Å². The first-order chi connectivity index (χ1) is 9.76. The fraction of sp³-hybridized carbons (Fsp3) is 0.500. The Labute approximate surface area is 130 Å². The summed E-state index contributed by atoms with van der Waals surface area (Å²) in [5.41, 5.74) is 0.397. The third kappa shape index (κ3) is 5.38. The average Bonchev–Trinajstić information content (AvgIpc) is 2.38. The maximum atomic E-state index is 12.6. The van der Waals surface area contributed by atoms with Crippen molar-refractivity contribution in [2.75, 3.05) is 13.1 Å². The molecule has 0 unspecified atom stereocenters. The lowest BCUT2D eigenvalue weighted by atomic mass is 9.84. The van der Waals surface area contributed by atoms with Crippen molar-refractivity contribution in [1.29, 1.82) is 0 Å². The molecule has 5 heteroatoms. The van der Waals surface area contributed by atoms with Gasteiger partial charge in [0, 0.05) is 23.5 Å². The molecule has 0 heterocycles. The topological polar surface area (TPSA) is 57.6 Å². The Morgan fingerprint density at radius 2 is 2.00 bits per heavy atom. The van der Waals surface area contributed by atoms with Gasteiger partial charge in [0.25, 0.3) is 0 Å². The van der Waals surface area contributed by atoms with E-state index in [0.29, 0.717) is 18.0 Å². The molecule has 0 saturated heterocycles. The molecule has 0 atom stereocenters. The standard InChI is InChI=1S/C16H22ClNO3/c1-4-18(9-8-14(19)20)15(21)16(2,3)11-12-6-5-7-13(17)10-12/h5-7,10H,4,8-9,11H2,1-3H3,(H,19,20). The Bertz CT molecular complexity index is 514. The van der Waals surface area contributed by atoms with E-state index in [-0.39, 0.29) is 18.9 Å². The molecule has 0 spiro atoms. The van der Waals surface area contributed by atoms with Crippen LogP contribution in [0.3, 0.4) is 0 Å². The highest BCUT2D eigenvalue weighted by Gasteiger charge is 2.31. The van der Waals surface area contributed by atoms with Crippen molar-refractivity contribution < 1.29 is 14.7 Å². The van der Waals surface area contributed by atoms with Crippen LogP contribution in [0.5, 0.6) is 0 Å². The number of hydrogen-bond donors (Lipinski definition) is 1. The lowest BCUT2D eigenvalue weighted by Crippen LogP contribution is -2.42. The molecule has 1 aromatic carbocycles. The van der Waals surface area contributed by atoms with Gasteiger partial charge in [0.1, 0.15) is 0 Å². The van der Waals surface area contributed by atoms with E-state index < -0.39 is 11.4 Å². The van der Waals surface area contributed by atoms with Gasteiger partial charge in [0.05, 0.1) is 6.42 Å². The smallest absolute Gasteiger partial charge is 0.305 e. The van der Waals surface area contributed by atoms with Crippen molar-refractivity contribution in [1.82, 2.24) is 4.90 Å². The summed E-state index contributed by atoms with van der Waals surface area (Å²) < 4.78 is 0. The highest BCUT2D eigenvalue weighted by Crippen LogP contribution is 2.26. The van der Waals surface area contributed by atoms with Crippen LogP contribution in [-0.4, -0.2) is 35.0 Å². The molecular formula is C16H22ClNO3. The zero-order chi connectivity index (χ0) is 16.0. The predicted molar refractivity (Wildman–Crippen MR) is 83.4 cm³/mol. The Balaban J connectivity index is 2.79. The summed E-state index contributed by atoms with van der Waals surface area (Å²) in [5, 5.41) is 9.40. The first-order valence-electron chi connectivity index (χ1n) is 7.02. The zero-order valence-electron chi connectivity index (χ0n) is 12.7. The highest BCUT2D eigenvalue weighted by molar-refractivity contribution is 6.30. The summed E-state index contributed by atoms with van der Waals surface area (Å²) in [6.07, 6.45) is 0.531. The molecule has 0 aliphatic heterocycles. The van der Waals surface area contributed by atoms with Crippen molar-refractivity contribution in [3.8, 4) is 0 Å². The van der Waals surface area contributed by atoms with E-state index in [9.17, 15) is 9.59 Å². The zero-order valence-corrected chi connectivity index (χ0v) is 13.5. The van der Waals surface area contributed by atoms with Gasteiger partial charge >= 0.3 is 5.97 Å². The van der Waals surface area contributed by atoms with Crippen molar-refractivity contribution >= 4 is 23.5 Å². The number of nitrogens with zero attached hydrogens (tertiary/aromatic N) is 1. The second-order valence-corrected chi connectivity index (χ2v) is 6.16. The number of hydrogen-bond acceptors (Lipinski definition) is 2. The molecule has 0 aliphatic carbocycles. The van der Waals surface area contributed by atoms with Crippen LogP contribution in [0.4, 0.5) is 0 Å². The van der Waals surface area contributed by atoms with Crippen LogP contribution in [0.15, 0.2) is 24.3 Å². The molecule has 0 bridgehead atoms. The molecule has 0 aromatic heterocycles. The van der Waals surface area contributed by atoms with E-state index >= 15 is 0 Å². The van der Waals surface area contributed by atoms with Crippen LogP contribution in [0.25, 0.3) is 0 Å². The molecule has 0 radical (unpaired) electrons. The van der Waals surface area contributed by atoms with Gasteiger partial charge in [-0.3, -0.25) is 9.59 Å². The third-order valence-electron chi connectivity index (χ3n) is 3.38. The van der Waals surface area contributed by atoms with E-state index in [1.54, 1.807) is 11.0 Å². The van der Waals surface area contributed by atoms with E-state index in [4.69, 9.17) is 16.7 Å². The first kappa shape index (κ1) is 17.5. The monoisotopic (exact) mass is 311 g/mol. The first-order valence-corrected chi connectivity index (χ1v) is 7.39. The third-order valence-corrected chi connectivity index (χ3v) is 3.61. The number of carbonyl (C=O) groups is 2. The van der Waals surface area contributed by atoms with Crippen molar-refractivity contribution in [3.05, 3.63) is 34.9 Å². The molecule has 0 saturated carbocycles. The molecule has 0 fully saturated rings. The lowest BCUT2D eigenvalue weighted by molar-refractivity contribution is -0.142. The SMILES string of the molecule is CCN(CCC(=O)O)C(=O)C(C)(C)Cc1cccc(Cl)c1. The quantitative estimate of drug-likeness (QED) is 0.841. The van der Waals surface area contributed by atoms with E-state index in [1.807, 2.05) is 39.0 Å². The number of aliphatic carboxylic acids is 1. The van der Waals surface area contributed by atoms with Crippen LogP contribution >= 0.6 is 11.6 Å². The van der Waals surface area contributed by atoms with Gasteiger partial charge < -0.3 is 10.0 Å². The lowest BCUT2D eigenvalue weighted by Gasteiger charge is -2.31. The Hall–Kier alpha value is -1.55. The molecule has 1 N–H and O–H groups in total. The van der Waals surface area contributed by atoms with Crippen LogP contribution < -0.4 is 0 Å². The predicted octanol–water partition coefficient (Wildman–Crippen LogP) is 3.23. The fourth-order valence-corrected chi connectivity index (χ4v) is 2.51. The second-order valence-electron chi connectivity index (χ2n) is 5.72. The van der Waals surface area contributed by atoms with Gasteiger partial charge in [-0.05, 0) is 31.0 Å². The summed E-state index contributed by atoms with van der Waals surface area (Å²) >= 11 is 5.97. The fourth-order valence-electron chi connectivity index (χ4n) is 2.29. The van der Waals surface area contributed by atoms with Crippen molar-refractivity contribution in [2.45, 2.75) is 33.6 Å². The normalized spacial score (nSPS) is 11.2.